The zero-order valence-electron chi connectivity index (χ0n) is 15.8. The lowest BCUT2D eigenvalue weighted by molar-refractivity contribution is -0.114. The Labute approximate surface area is 165 Å². The topological polar surface area (TPSA) is 87.7 Å². The van der Waals surface area contributed by atoms with Crippen LogP contribution in [0.1, 0.15) is 19.8 Å². The molecule has 1 heterocycles. The molecule has 7 nitrogen and oxygen atoms in total. The summed E-state index contributed by atoms with van der Waals surface area (Å²) in [6.45, 7) is 3.64. The first kappa shape index (κ1) is 20.2. The molecule has 1 fully saturated rings. The van der Waals surface area contributed by atoms with Crippen LogP contribution in [0.4, 0.5) is 11.4 Å². The maximum Gasteiger partial charge on any atom is 0.243 e. The molecule has 1 aliphatic rings. The van der Waals surface area contributed by atoms with Gasteiger partial charge in [0.1, 0.15) is 5.75 Å². The third kappa shape index (κ3) is 5.02. The Balaban J connectivity index is 1.57. The van der Waals surface area contributed by atoms with Gasteiger partial charge in [-0.3, -0.25) is 4.79 Å². The first-order valence-electron chi connectivity index (χ1n) is 9.36. The molecule has 3 rings (SSSR count). The fourth-order valence-electron chi connectivity index (χ4n) is 3.03. The lowest BCUT2D eigenvalue weighted by Gasteiger charge is -2.16. The predicted molar refractivity (Wildman–Crippen MR) is 109 cm³/mol. The Hall–Kier alpha value is -2.58. The Kier molecular flexibility index (Phi) is 6.53. The standard InChI is InChI=1S/C20H25N3O4S/c1-2-27-18-10-8-16(9-11-18)22-20(24)15-21-17-6-5-7-19(14-17)28(25,26)23-12-3-4-13-23/h5-11,14,21H,2-4,12-13,15H2,1H3,(H,22,24). The number of amides is 1. The predicted octanol–water partition coefficient (Wildman–Crippen LogP) is 2.92. The highest BCUT2D eigenvalue weighted by atomic mass is 32.2. The largest absolute Gasteiger partial charge is 0.494 e. The van der Waals surface area contributed by atoms with Crippen LogP contribution in [0.15, 0.2) is 53.4 Å². The molecule has 28 heavy (non-hydrogen) atoms. The number of carbonyl (C=O) groups excluding carboxylic acids is 1. The van der Waals surface area contributed by atoms with Crippen molar-refractivity contribution >= 4 is 27.3 Å². The Morgan fingerprint density at radius 3 is 2.46 bits per heavy atom. The molecule has 0 aromatic heterocycles. The number of rotatable bonds is 8. The number of nitrogens with zero attached hydrogens (tertiary/aromatic N) is 1. The maximum atomic E-state index is 12.6. The van der Waals surface area contributed by atoms with Crippen LogP contribution in [0, 0.1) is 0 Å². The third-order valence-corrected chi connectivity index (χ3v) is 6.33. The third-order valence-electron chi connectivity index (χ3n) is 4.44. The van der Waals surface area contributed by atoms with Crippen LogP contribution in [-0.2, 0) is 14.8 Å². The van der Waals surface area contributed by atoms with Crippen molar-refractivity contribution in [1.82, 2.24) is 4.31 Å². The van der Waals surface area contributed by atoms with E-state index in [1.165, 1.54) is 4.31 Å². The summed E-state index contributed by atoms with van der Waals surface area (Å²) in [4.78, 5) is 12.4. The van der Waals surface area contributed by atoms with Crippen molar-refractivity contribution in [3.05, 3.63) is 48.5 Å². The molecule has 0 spiro atoms. The van der Waals surface area contributed by atoms with Gasteiger partial charge in [-0.2, -0.15) is 4.31 Å². The van der Waals surface area contributed by atoms with Crippen LogP contribution in [0.5, 0.6) is 5.75 Å². The Morgan fingerprint density at radius 1 is 1.07 bits per heavy atom. The second-order valence-corrected chi connectivity index (χ2v) is 8.44. The van der Waals surface area contributed by atoms with E-state index >= 15 is 0 Å². The van der Waals surface area contributed by atoms with Crippen LogP contribution < -0.4 is 15.4 Å². The molecular formula is C20H25N3O4S. The first-order valence-corrected chi connectivity index (χ1v) is 10.8. The van der Waals surface area contributed by atoms with Crippen LogP contribution in [-0.4, -0.2) is 44.9 Å². The average Bonchev–Trinajstić information content (AvgIpc) is 3.24. The quantitative estimate of drug-likeness (QED) is 0.708. The van der Waals surface area contributed by atoms with E-state index in [-0.39, 0.29) is 17.3 Å². The van der Waals surface area contributed by atoms with Crippen molar-refractivity contribution in [2.24, 2.45) is 0 Å². The van der Waals surface area contributed by atoms with Crippen molar-refractivity contribution in [1.29, 1.82) is 0 Å². The number of carbonyl (C=O) groups is 1. The molecule has 0 radical (unpaired) electrons. The van der Waals surface area contributed by atoms with E-state index in [9.17, 15) is 13.2 Å². The number of ether oxygens (including phenoxy) is 1. The fourth-order valence-corrected chi connectivity index (χ4v) is 4.60. The van der Waals surface area contributed by atoms with Crippen LogP contribution in [0.2, 0.25) is 0 Å². The van der Waals surface area contributed by atoms with Crippen molar-refractivity contribution in [3.8, 4) is 5.75 Å². The Morgan fingerprint density at radius 2 is 1.79 bits per heavy atom. The summed E-state index contributed by atoms with van der Waals surface area (Å²) in [5, 5.41) is 5.77. The van der Waals surface area contributed by atoms with Crippen molar-refractivity contribution in [2.45, 2.75) is 24.7 Å². The van der Waals surface area contributed by atoms with Gasteiger partial charge in [0.05, 0.1) is 18.0 Å². The minimum Gasteiger partial charge on any atom is -0.494 e. The number of sulfonamides is 1. The number of nitrogens with one attached hydrogen (secondary N) is 2. The summed E-state index contributed by atoms with van der Waals surface area (Å²) in [5.74, 6) is 0.520. The molecule has 1 aliphatic heterocycles. The van der Waals surface area contributed by atoms with Gasteiger partial charge in [-0.1, -0.05) is 6.07 Å². The lowest BCUT2D eigenvalue weighted by Crippen LogP contribution is -2.28. The average molecular weight is 404 g/mol. The summed E-state index contributed by atoms with van der Waals surface area (Å²) in [6.07, 6.45) is 1.78. The Bertz CT molecular complexity index is 907. The molecule has 0 unspecified atom stereocenters. The van der Waals surface area contributed by atoms with Gasteiger partial charge in [-0.05, 0) is 62.2 Å². The number of hydrogen-bond acceptors (Lipinski definition) is 5. The molecule has 0 saturated carbocycles. The van der Waals surface area contributed by atoms with Gasteiger partial charge in [-0.25, -0.2) is 8.42 Å². The summed E-state index contributed by atoms with van der Waals surface area (Å²) in [5.41, 5.74) is 1.25. The smallest absolute Gasteiger partial charge is 0.243 e. The molecule has 1 saturated heterocycles. The van der Waals surface area contributed by atoms with Gasteiger partial charge >= 0.3 is 0 Å². The van der Waals surface area contributed by atoms with Gasteiger partial charge in [0, 0.05) is 24.5 Å². The van der Waals surface area contributed by atoms with E-state index < -0.39 is 10.0 Å². The molecule has 2 N–H and O–H groups in total. The zero-order chi connectivity index (χ0) is 20.0. The highest BCUT2D eigenvalue weighted by Gasteiger charge is 2.27. The summed E-state index contributed by atoms with van der Waals surface area (Å²) in [6, 6.07) is 13.7. The minimum atomic E-state index is -3.48. The summed E-state index contributed by atoms with van der Waals surface area (Å²) < 4.78 is 32.2. The normalized spacial score (nSPS) is 14.6. The molecule has 0 aliphatic carbocycles. The number of hydrogen-bond donors (Lipinski definition) is 2. The van der Waals surface area contributed by atoms with Crippen molar-refractivity contribution in [2.75, 3.05) is 36.9 Å². The highest BCUT2D eigenvalue weighted by Crippen LogP contribution is 2.23. The van der Waals surface area contributed by atoms with Crippen LogP contribution >= 0.6 is 0 Å². The van der Waals surface area contributed by atoms with Gasteiger partial charge < -0.3 is 15.4 Å². The van der Waals surface area contributed by atoms with Gasteiger partial charge in [0.25, 0.3) is 0 Å². The van der Waals surface area contributed by atoms with Gasteiger partial charge in [0.15, 0.2) is 0 Å². The van der Waals surface area contributed by atoms with Gasteiger partial charge in [0.2, 0.25) is 15.9 Å². The van der Waals surface area contributed by atoms with Crippen LogP contribution in [0.25, 0.3) is 0 Å². The van der Waals surface area contributed by atoms with Crippen LogP contribution in [0.3, 0.4) is 0 Å². The molecule has 0 bridgehead atoms. The van der Waals surface area contributed by atoms with Crippen molar-refractivity contribution in [3.63, 3.8) is 0 Å². The lowest BCUT2D eigenvalue weighted by atomic mass is 10.3. The minimum absolute atomic E-state index is 0.0282. The SMILES string of the molecule is CCOc1ccc(NC(=O)CNc2cccc(S(=O)(=O)N3CCCC3)c2)cc1. The van der Waals surface area contributed by atoms with E-state index in [1.807, 2.05) is 6.92 Å². The fraction of sp³-hybridized carbons (Fsp3) is 0.350. The van der Waals surface area contributed by atoms with E-state index in [0.29, 0.717) is 31.1 Å². The van der Waals surface area contributed by atoms with Gasteiger partial charge in [-0.15, -0.1) is 0 Å². The molecule has 1 amide bonds. The summed E-state index contributed by atoms with van der Waals surface area (Å²) in [7, 11) is -3.48. The van der Waals surface area contributed by atoms with E-state index in [4.69, 9.17) is 4.74 Å². The van der Waals surface area contributed by atoms with Crippen molar-refractivity contribution < 1.29 is 17.9 Å². The zero-order valence-corrected chi connectivity index (χ0v) is 16.7. The van der Waals surface area contributed by atoms with E-state index in [1.54, 1.807) is 48.5 Å². The maximum absolute atomic E-state index is 12.6. The van der Waals surface area contributed by atoms with E-state index in [0.717, 1.165) is 18.6 Å². The monoisotopic (exact) mass is 403 g/mol. The first-order chi connectivity index (χ1) is 13.5. The summed E-state index contributed by atoms with van der Waals surface area (Å²) >= 11 is 0. The second-order valence-electron chi connectivity index (χ2n) is 6.50. The molecule has 8 heteroatoms. The highest BCUT2D eigenvalue weighted by molar-refractivity contribution is 7.89. The molecule has 2 aromatic rings. The molecule has 150 valence electrons. The number of benzene rings is 2. The molecular weight excluding hydrogens is 378 g/mol. The molecule has 2 aromatic carbocycles. The van der Waals surface area contributed by atoms with E-state index in [2.05, 4.69) is 10.6 Å². The number of anilines is 2. The second kappa shape index (κ2) is 9.07. The molecule has 0 atom stereocenters.